The van der Waals surface area contributed by atoms with Gasteiger partial charge in [0.15, 0.2) is 11.6 Å². The molecule has 7 nitrogen and oxygen atoms in total. The number of ether oxygens (including phenoxy) is 2. The number of pyridine rings is 1. The molecule has 0 saturated carbocycles. The van der Waals surface area contributed by atoms with Gasteiger partial charge in [-0.05, 0) is 49.9 Å². The highest BCUT2D eigenvalue weighted by Crippen LogP contribution is 2.36. The fourth-order valence-corrected chi connectivity index (χ4v) is 4.17. The SMILES string of the molecule is CNCCOc1ccc(-c2cc(N3CC[C@H](C(=O)NC)C3)c3cc(F)c(OC)cc3n2)cc1. The summed E-state index contributed by atoms with van der Waals surface area (Å²) < 4.78 is 25.5. The first-order chi connectivity index (χ1) is 16.0. The summed E-state index contributed by atoms with van der Waals surface area (Å²) in [5.74, 6) is 0.422. The van der Waals surface area contributed by atoms with Crippen molar-refractivity contribution < 1.29 is 18.7 Å². The number of anilines is 1. The summed E-state index contributed by atoms with van der Waals surface area (Å²) in [6.45, 7) is 2.64. The van der Waals surface area contributed by atoms with E-state index in [1.165, 1.54) is 13.2 Å². The average Bonchev–Trinajstić information content (AvgIpc) is 3.33. The van der Waals surface area contributed by atoms with E-state index in [4.69, 9.17) is 14.5 Å². The third kappa shape index (κ3) is 4.85. The zero-order valence-corrected chi connectivity index (χ0v) is 19.2. The number of fused-ring (bicyclic) bond motifs is 1. The van der Waals surface area contributed by atoms with Crippen LogP contribution in [0.3, 0.4) is 0 Å². The molecule has 0 radical (unpaired) electrons. The van der Waals surface area contributed by atoms with Crippen molar-refractivity contribution in [2.75, 3.05) is 52.3 Å². The molecule has 3 aromatic rings. The fraction of sp³-hybridized carbons (Fsp3) is 0.360. The average molecular weight is 453 g/mol. The molecule has 174 valence electrons. The van der Waals surface area contributed by atoms with Gasteiger partial charge in [0.1, 0.15) is 12.4 Å². The largest absolute Gasteiger partial charge is 0.494 e. The number of aromatic nitrogens is 1. The first-order valence-electron chi connectivity index (χ1n) is 11.1. The van der Waals surface area contributed by atoms with E-state index in [1.54, 1.807) is 13.1 Å². The van der Waals surface area contributed by atoms with Crippen molar-refractivity contribution in [3.05, 3.63) is 48.3 Å². The van der Waals surface area contributed by atoms with E-state index >= 15 is 0 Å². The molecule has 4 rings (SSSR count). The monoisotopic (exact) mass is 452 g/mol. The van der Waals surface area contributed by atoms with Gasteiger partial charge in [-0.15, -0.1) is 0 Å². The van der Waals surface area contributed by atoms with E-state index in [0.717, 1.165) is 35.7 Å². The minimum Gasteiger partial charge on any atom is -0.494 e. The number of carbonyl (C=O) groups is 1. The molecule has 33 heavy (non-hydrogen) atoms. The van der Waals surface area contributed by atoms with Crippen LogP contribution in [0.5, 0.6) is 11.5 Å². The fourth-order valence-electron chi connectivity index (χ4n) is 4.17. The van der Waals surface area contributed by atoms with Crippen LogP contribution in [-0.2, 0) is 4.79 Å². The normalized spacial score (nSPS) is 15.6. The van der Waals surface area contributed by atoms with Gasteiger partial charge in [0.05, 0.1) is 24.2 Å². The number of rotatable bonds is 8. The number of halogens is 1. The van der Waals surface area contributed by atoms with Gasteiger partial charge in [0, 0.05) is 49.4 Å². The molecular weight excluding hydrogens is 423 g/mol. The number of nitrogens with zero attached hydrogens (tertiary/aromatic N) is 2. The molecule has 8 heteroatoms. The molecule has 0 aliphatic carbocycles. The topological polar surface area (TPSA) is 75.7 Å². The Kier molecular flexibility index (Phi) is 6.93. The molecule has 1 atom stereocenters. The summed E-state index contributed by atoms with van der Waals surface area (Å²) in [7, 11) is 4.97. The van der Waals surface area contributed by atoms with Crippen LogP contribution in [0.2, 0.25) is 0 Å². The van der Waals surface area contributed by atoms with E-state index in [1.807, 2.05) is 37.4 Å². The lowest BCUT2D eigenvalue weighted by atomic mass is 10.1. The van der Waals surface area contributed by atoms with Crippen molar-refractivity contribution in [1.82, 2.24) is 15.6 Å². The Bertz CT molecular complexity index is 1140. The maximum Gasteiger partial charge on any atom is 0.224 e. The van der Waals surface area contributed by atoms with Gasteiger partial charge in [-0.2, -0.15) is 0 Å². The third-order valence-corrected chi connectivity index (χ3v) is 5.98. The molecule has 2 aromatic carbocycles. The molecule has 1 aliphatic heterocycles. The quantitative estimate of drug-likeness (QED) is 0.511. The van der Waals surface area contributed by atoms with Crippen LogP contribution in [0.4, 0.5) is 10.1 Å². The summed E-state index contributed by atoms with van der Waals surface area (Å²) in [6.07, 6.45) is 0.746. The molecule has 1 amide bonds. The van der Waals surface area contributed by atoms with Gasteiger partial charge in [0.25, 0.3) is 0 Å². The second kappa shape index (κ2) is 10.0. The van der Waals surface area contributed by atoms with Crippen molar-refractivity contribution in [1.29, 1.82) is 0 Å². The molecule has 2 N–H and O–H groups in total. The minimum absolute atomic E-state index is 0.0257. The Labute approximate surface area is 192 Å². The van der Waals surface area contributed by atoms with Gasteiger partial charge in [-0.25, -0.2) is 9.37 Å². The van der Waals surface area contributed by atoms with Crippen molar-refractivity contribution >= 4 is 22.5 Å². The Hall–Kier alpha value is -3.39. The van der Waals surface area contributed by atoms with Crippen molar-refractivity contribution in [3.8, 4) is 22.8 Å². The highest BCUT2D eigenvalue weighted by Gasteiger charge is 2.29. The van der Waals surface area contributed by atoms with Crippen molar-refractivity contribution in [2.45, 2.75) is 6.42 Å². The molecule has 1 saturated heterocycles. The number of benzene rings is 2. The minimum atomic E-state index is -0.439. The van der Waals surface area contributed by atoms with Crippen LogP contribution in [0, 0.1) is 11.7 Å². The predicted octanol–water partition coefficient (Wildman–Crippen LogP) is 3.22. The summed E-state index contributed by atoms with van der Waals surface area (Å²) in [4.78, 5) is 19.1. The molecule has 1 fully saturated rings. The number of methoxy groups -OCH3 is 1. The van der Waals surface area contributed by atoms with Crippen LogP contribution in [0.15, 0.2) is 42.5 Å². The second-order valence-corrected chi connectivity index (χ2v) is 8.05. The van der Waals surface area contributed by atoms with Gasteiger partial charge in [-0.3, -0.25) is 4.79 Å². The lowest BCUT2D eigenvalue weighted by molar-refractivity contribution is -0.123. The lowest BCUT2D eigenvalue weighted by Gasteiger charge is -2.22. The second-order valence-electron chi connectivity index (χ2n) is 8.05. The van der Waals surface area contributed by atoms with Crippen LogP contribution in [0.1, 0.15) is 6.42 Å². The maximum atomic E-state index is 14.6. The zero-order chi connectivity index (χ0) is 23.4. The predicted molar refractivity (Wildman–Crippen MR) is 127 cm³/mol. The molecular formula is C25H29FN4O3. The van der Waals surface area contributed by atoms with Gasteiger partial charge in [0.2, 0.25) is 5.91 Å². The van der Waals surface area contributed by atoms with E-state index in [2.05, 4.69) is 15.5 Å². The number of hydrogen-bond acceptors (Lipinski definition) is 6. The highest BCUT2D eigenvalue weighted by molar-refractivity contribution is 5.95. The Morgan fingerprint density at radius 2 is 2.00 bits per heavy atom. The van der Waals surface area contributed by atoms with E-state index in [9.17, 15) is 9.18 Å². The smallest absolute Gasteiger partial charge is 0.224 e. The summed E-state index contributed by atoms with van der Waals surface area (Å²) >= 11 is 0. The Balaban J connectivity index is 1.73. The van der Waals surface area contributed by atoms with Gasteiger partial charge >= 0.3 is 0 Å². The first-order valence-corrected chi connectivity index (χ1v) is 11.1. The standard InChI is InChI=1S/C25H29FN4O3/c1-27-9-11-33-18-6-4-16(5-7-18)21-13-23(30-10-8-17(15-30)25(31)28-2)19-12-20(26)24(32-3)14-22(19)29-21/h4-7,12-14,17,27H,8-11,15H2,1-3H3,(H,28,31)/t17-/m0/s1. The number of amides is 1. The summed E-state index contributed by atoms with van der Waals surface area (Å²) in [6, 6.07) is 12.8. The first kappa shape index (κ1) is 22.8. The number of hydrogen-bond donors (Lipinski definition) is 2. The van der Waals surface area contributed by atoms with Gasteiger partial charge in [-0.1, -0.05) is 0 Å². The van der Waals surface area contributed by atoms with Gasteiger partial charge < -0.3 is 25.0 Å². The zero-order valence-electron chi connectivity index (χ0n) is 19.2. The number of nitrogens with one attached hydrogen (secondary N) is 2. The molecule has 1 aromatic heterocycles. The number of likely N-dealkylation sites (N-methyl/N-ethyl adjacent to an activating group) is 1. The molecule has 2 heterocycles. The molecule has 0 unspecified atom stereocenters. The van der Waals surface area contributed by atoms with E-state index < -0.39 is 5.82 Å². The highest BCUT2D eigenvalue weighted by atomic mass is 19.1. The molecule has 0 spiro atoms. The van der Waals surface area contributed by atoms with Crippen LogP contribution < -0.4 is 25.0 Å². The van der Waals surface area contributed by atoms with Crippen LogP contribution in [-0.4, -0.2) is 58.3 Å². The Morgan fingerprint density at radius 1 is 1.21 bits per heavy atom. The van der Waals surface area contributed by atoms with E-state index in [-0.39, 0.29) is 17.6 Å². The maximum absolute atomic E-state index is 14.6. The number of carbonyl (C=O) groups excluding carboxylic acids is 1. The Morgan fingerprint density at radius 3 is 2.70 bits per heavy atom. The lowest BCUT2D eigenvalue weighted by Crippen LogP contribution is -2.30. The van der Waals surface area contributed by atoms with Crippen LogP contribution in [0.25, 0.3) is 22.2 Å². The molecule has 1 aliphatic rings. The summed E-state index contributed by atoms with van der Waals surface area (Å²) in [5, 5.41) is 6.48. The van der Waals surface area contributed by atoms with E-state index in [0.29, 0.717) is 30.6 Å². The summed E-state index contributed by atoms with van der Waals surface area (Å²) in [5.41, 5.74) is 3.18. The van der Waals surface area contributed by atoms with Crippen molar-refractivity contribution in [3.63, 3.8) is 0 Å². The van der Waals surface area contributed by atoms with Crippen molar-refractivity contribution in [2.24, 2.45) is 5.92 Å². The van der Waals surface area contributed by atoms with Crippen LogP contribution >= 0.6 is 0 Å². The third-order valence-electron chi connectivity index (χ3n) is 5.98. The molecule has 0 bridgehead atoms.